The fourth-order valence-corrected chi connectivity index (χ4v) is 3.72. The van der Waals surface area contributed by atoms with Gasteiger partial charge in [-0.3, -0.25) is 10.00 Å². The molecule has 1 saturated heterocycles. The second-order valence-corrected chi connectivity index (χ2v) is 6.52. The molecule has 1 aliphatic heterocycles. The first kappa shape index (κ1) is 15.6. The Labute approximate surface area is 134 Å². The van der Waals surface area contributed by atoms with Crippen molar-refractivity contribution in [2.45, 2.75) is 33.0 Å². The van der Waals surface area contributed by atoms with Gasteiger partial charge in [0.25, 0.3) is 0 Å². The molecule has 3 heterocycles. The second-order valence-electron chi connectivity index (χ2n) is 5.57. The number of nitrogens with zero attached hydrogens (tertiary/aromatic N) is 3. The van der Waals surface area contributed by atoms with Crippen LogP contribution in [-0.2, 0) is 22.6 Å². The van der Waals surface area contributed by atoms with E-state index in [-0.39, 0.29) is 6.04 Å². The van der Waals surface area contributed by atoms with Gasteiger partial charge in [0.2, 0.25) is 0 Å². The van der Waals surface area contributed by atoms with Crippen LogP contribution in [0, 0.1) is 13.8 Å². The number of aromatic amines is 1. The average molecular weight is 322 g/mol. The molecule has 1 fully saturated rings. The van der Waals surface area contributed by atoms with Gasteiger partial charge in [0.1, 0.15) is 5.01 Å². The molecule has 0 bridgehead atoms. The Bertz CT molecular complexity index is 605. The topological polar surface area (TPSA) is 63.3 Å². The molecule has 2 aromatic heterocycles. The van der Waals surface area contributed by atoms with Crippen molar-refractivity contribution in [1.29, 1.82) is 0 Å². The highest BCUT2D eigenvalue weighted by Crippen LogP contribution is 2.29. The van der Waals surface area contributed by atoms with E-state index in [1.54, 1.807) is 18.4 Å². The van der Waals surface area contributed by atoms with Crippen LogP contribution in [-0.4, -0.2) is 46.9 Å². The van der Waals surface area contributed by atoms with Crippen LogP contribution < -0.4 is 0 Å². The highest BCUT2D eigenvalue weighted by atomic mass is 32.1. The predicted molar refractivity (Wildman–Crippen MR) is 84.9 cm³/mol. The van der Waals surface area contributed by atoms with Gasteiger partial charge in [-0.15, -0.1) is 11.3 Å². The molecule has 0 saturated carbocycles. The van der Waals surface area contributed by atoms with Crippen LogP contribution in [0.5, 0.6) is 0 Å². The standard InChI is InChI=1S/C15H22N4O2S/c1-10-15(11(2)18-17-10)13-7-21-5-4-19(13)6-12-9-22-14(16-12)8-20-3/h9,13H,4-8H2,1-3H3,(H,17,18). The van der Waals surface area contributed by atoms with E-state index < -0.39 is 0 Å². The van der Waals surface area contributed by atoms with Crippen molar-refractivity contribution in [1.82, 2.24) is 20.1 Å². The van der Waals surface area contributed by atoms with Crippen LogP contribution in [0.2, 0.25) is 0 Å². The molecule has 120 valence electrons. The van der Waals surface area contributed by atoms with Gasteiger partial charge in [-0.25, -0.2) is 4.98 Å². The van der Waals surface area contributed by atoms with Crippen LogP contribution in [0.4, 0.5) is 0 Å². The molecule has 1 unspecified atom stereocenters. The minimum atomic E-state index is 0.236. The summed E-state index contributed by atoms with van der Waals surface area (Å²) in [5, 5.41) is 10.5. The van der Waals surface area contributed by atoms with E-state index in [0.29, 0.717) is 13.2 Å². The summed E-state index contributed by atoms with van der Waals surface area (Å²) < 4.78 is 10.9. The number of ether oxygens (including phenoxy) is 2. The lowest BCUT2D eigenvalue weighted by Crippen LogP contribution is -2.39. The second kappa shape index (κ2) is 6.87. The molecule has 7 heteroatoms. The normalized spacial score (nSPS) is 19.7. The van der Waals surface area contributed by atoms with Gasteiger partial charge < -0.3 is 9.47 Å². The minimum Gasteiger partial charge on any atom is -0.378 e. The summed E-state index contributed by atoms with van der Waals surface area (Å²) in [5.41, 5.74) is 4.53. The van der Waals surface area contributed by atoms with Crippen molar-refractivity contribution in [2.24, 2.45) is 0 Å². The Hall–Kier alpha value is -1.28. The number of nitrogens with one attached hydrogen (secondary N) is 1. The van der Waals surface area contributed by atoms with E-state index in [9.17, 15) is 0 Å². The van der Waals surface area contributed by atoms with Crippen LogP contribution in [0.15, 0.2) is 5.38 Å². The van der Waals surface area contributed by atoms with Crippen molar-refractivity contribution in [3.63, 3.8) is 0 Å². The molecule has 1 atom stereocenters. The third-order valence-corrected chi connectivity index (χ3v) is 4.86. The summed E-state index contributed by atoms with van der Waals surface area (Å²) in [5.74, 6) is 0. The number of thiazole rings is 1. The van der Waals surface area contributed by atoms with Crippen molar-refractivity contribution >= 4 is 11.3 Å². The summed E-state index contributed by atoms with van der Waals surface area (Å²) >= 11 is 1.66. The first-order valence-electron chi connectivity index (χ1n) is 7.44. The van der Waals surface area contributed by atoms with Crippen molar-refractivity contribution in [3.05, 3.63) is 33.0 Å². The first-order valence-corrected chi connectivity index (χ1v) is 8.32. The zero-order chi connectivity index (χ0) is 15.5. The monoisotopic (exact) mass is 322 g/mol. The smallest absolute Gasteiger partial charge is 0.119 e. The molecule has 0 spiro atoms. The average Bonchev–Trinajstić information content (AvgIpc) is 3.08. The predicted octanol–water partition coefficient (Wildman–Crippen LogP) is 2.20. The lowest BCUT2D eigenvalue weighted by Gasteiger charge is -2.35. The Morgan fingerprint density at radius 3 is 3.09 bits per heavy atom. The molecule has 0 aliphatic carbocycles. The Morgan fingerprint density at radius 1 is 1.50 bits per heavy atom. The lowest BCUT2D eigenvalue weighted by molar-refractivity contribution is -0.0136. The van der Waals surface area contributed by atoms with Crippen molar-refractivity contribution in [2.75, 3.05) is 26.9 Å². The van der Waals surface area contributed by atoms with E-state index in [1.165, 1.54) is 5.56 Å². The number of aryl methyl sites for hydroxylation is 2. The molecular weight excluding hydrogens is 300 g/mol. The summed E-state index contributed by atoms with van der Waals surface area (Å²) in [4.78, 5) is 7.07. The van der Waals surface area contributed by atoms with Gasteiger partial charge >= 0.3 is 0 Å². The van der Waals surface area contributed by atoms with Gasteiger partial charge in [-0.05, 0) is 13.8 Å². The molecule has 3 rings (SSSR count). The zero-order valence-electron chi connectivity index (χ0n) is 13.3. The summed E-state index contributed by atoms with van der Waals surface area (Å²) in [6, 6.07) is 0.236. The summed E-state index contributed by atoms with van der Waals surface area (Å²) in [7, 11) is 1.70. The number of rotatable bonds is 5. The Balaban J connectivity index is 1.77. The van der Waals surface area contributed by atoms with E-state index in [4.69, 9.17) is 9.47 Å². The van der Waals surface area contributed by atoms with Crippen LogP contribution in [0.3, 0.4) is 0 Å². The highest BCUT2D eigenvalue weighted by Gasteiger charge is 2.29. The molecule has 6 nitrogen and oxygen atoms in total. The summed E-state index contributed by atoms with van der Waals surface area (Å²) in [6.07, 6.45) is 0. The van der Waals surface area contributed by atoms with Crippen molar-refractivity contribution in [3.8, 4) is 0 Å². The Kier molecular flexibility index (Phi) is 4.87. The van der Waals surface area contributed by atoms with E-state index in [2.05, 4.69) is 32.4 Å². The largest absolute Gasteiger partial charge is 0.378 e. The maximum absolute atomic E-state index is 5.71. The molecular formula is C15H22N4O2S. The fraction of sp³-hybridized carbons (Fsp3) is 0.600. The molecule has 0 radical (unpaired) electrons. The highest BCUT2D eigenvalue weighted by molar-refractivity contribution is 7.09. The molecule has 2 aromatic rings. The number of hydrogen-bond donors (Lipinski definition) is 1. The van der Waals surface area contributed by atoms with Crippen LogP contribution >= 0.6 is 11.3 Å². The van der Waals surface area contributed by atoms with E-state index in [0.717, 1.165) is 41.8 Å². The molecule has 1 N–H and O–H groups in total. The maximum atomic E-state index is 5.71. The number of morpholine rings is 1. The first-order chi connectivity index (χ1) is 10.7. The van der Waals surface area contributed by atoms with Gasteiger partial charge in [0.15, 0.2) is 0 Å². The van der Waals surface area contributed by atoms with Gasteiger partial charge in [0, 0.05) is 36.8 Å². The van der Waals surface area contributed by atoms with E-state index in [1.807, 2.05) is 6.92 Å². The molecule has 1 aliphatic rings. The molecule has 0 amide bonds. The van der Waals surface area contributed by atoms with Crippen LogP contribution in [0.1, 0.15) is 33.7 Å². The van der Waals surface area contributed by atoms with Crippen LogP contribution in [0.25, 0.3) is 0 Å². The van der Waals surface area contributed by atoms with Gasteiger partial charge in [-0.2, -0.15) is 5.10 Å². The summed E-state index contributed by atoms with van der Waals surface area (Å²) in [6.45, 7) is 7.91. The number of methoxy groups -OCH3 is 1. The maximum Gasteiger partial charge on any atom is 0.119 e. The van der Waals surface area contributed by atoms with Crippen molar-refractivity contribution < 1.29 is 9.47 Å². The van der Waals surface area contributed by atoms with Gasteiger partial charge in [-0.1, -0.05) is 0 Å². The molecule has 0 aromatic carbocycles. The van der Waals surface area contributed by atoms with E-state index >= 15 is 0 Å². The lowest BCUT2D eigenvalue weighted by atomic mass is 10.0. The Morgan fingerprint density at radius 2 is 2.36 bits per heavy atom. The number of aromatic nitrogens is 3. The number of H-pyrrole nitrogens is 1. The molecule has 22 heavy (non-hydrogen) atoms. The fourth-order valence-electron chi connectivity index (χ4n) is 2.96. The zero-order valence-corrected chi connectivity index (χ0v) is 14.1. The third kappa shape index (κ3) is 3.22. The third-order valence-electron chi connectivity index (χ3n) is 3.99. The SMILES string of the molecule is COCc1nc(CN2CCOCC2c2c(C)n[nH]c2C)cs1. The number of hydrogen-bond acceptors (Lipinski definition) is 6. The van der Waals surface area contributed by atoms with Gasteiger partial charge in [0.05, 0.1) is 37.3 Å². The minimum absolute atomic E-state index is 0.236. The quantitative estimate of drug-likeness (QED) is 0.914.